The van der Waals surface area contributed by atoms with Crippen molar-refractivity contribution in [3.63, 3.8) is 0 Å². The SMILES string of the molecule is COc1ccc2c(c1)OC1(C=N2)N(C)c2c(ccc3ccccc23)C1(C)C. The van der Waals surface area contributed by atoms with E-state index in [1.165, 1.54) is 22.0 Å². The highest BCUT2D eigenvalue weighted by Crippen LogP contribution is 2.55. The number of nitrogens with zero attached hydrogens (tertiary/aromatic N) is 2. The maximum absolute atomic E-state index is 6.68. The molecule has 1 unspecified atom stereocenters. The number of hydrogen-bond acceptors (Lipinski definition) is 4. The van der Waals surface area contributed by atoms with Crippen LogP contribution >= 0.6 is 0 Å². The highest BCUT2D eigenvalue weighted by Gasteiger charge is 2.59. The van der Waals surface area contributed by atoms with Crippen molar-refractivity contribution in [3.05, 3.63) is 60.2 Å². The van der Waals surface area contributed by atoms with Crippen LogP contribution in [0.1, 0.15) is 19.4 Å². The quantitative estimate of drug-likeness (QED) is 0.609. The van der Waals surface area contributed by atoms with Crippen LogP contribution in [0.3, 0.4) is 0 Å². The van der Waals surface area contributed by atoms with Gasteiger partial charge in [0.25, 0.3) is 0 Å². The molecular weight excluding hydrogens is 336 g/mol. The molecule has 2 aliphatic heterocycles. The topological polar surface area (TPSA) is 34.1 Å². The Bertz CT molecular complexity index is 1100. The van der Waals surface area contributed by atoms with Gasteiger partial charge in [-0.2, -0.15) is 0 Å². The predicted octanol–water partition coefficient (Wildman–Crippen LogP) is 5.07. The van der Waals surface area contributed by atoms with Crippen LogP contribution in [0.25, 0.3) is 10.8 Å². The van der Waals surface area contributed by atoms with E-state index in [-0.39, 0.29) is 5.41 Å². The third kappa shape index (κ3) is 1.95. The molecule has 0 radical (unpaired) electrons. The average Bonchev–Trinajstić information content (AvgIpc) is 2.86. The molecule has 2 heterocycles. The van der Waals surface area contributed by atoms with Crippen LogP contribution < -0.4 is 14.4 Å². The number of rotatable bonds is 1. The fourth-order valence-electron chi connectivity index (χ4n) is 4.50. The number of aliphatic imine (C=N–C) groups is 1. The smallest absolute Gasteiger partial charge is 0.228 e. The number of anilines is 1. The molecule has 0 aromatic heterocycles. The Labute approximate surface area is 159 Å². The van der Waals surface area contributed by atoms with Crippen molar-refractivity contribution in [2.24, 2.45) is 4.99 Å². The maximum atomic E-state index is 6.68. The minimum atomic E-state index is -0.696. The molecular formula is C23H22N2O2. The van der Waals surface area contributed by atoms with Crippen LogP contribution in [0.5, 0.6) is 11.5 Å². The summed E-state index contributed by atoms with van der Waals surface area (Å²) in [5, 5.41) is 2.46. The van der Waals surface area contributed by atoms with E-state index >= 15 is 0 Å². The van der Waals surface area contributed by atoms with Crippen molar-refractivity contribution in [2.45, 2.75) is 25.0 Å². The van der Waals surface area contributed by atoms with Gasteiger partial charge in [-0.15, -0.1) is 0 Å². The van der Waals surface area contributed by atoms with Crippen LogP contribution in [0.4, 0.5) is 11.4 Å². The van der Waals surface area contributed by atoms with E-state index in [0.717, 1.165) is 17.2 Å². The zero-order valence-electron chi connectivity index (χ0n) is 16.0. The van der Waals surface area contributed by atoms with Crippen LogP contribution in [0.15, 0.2) is 59.6 Å². The zero-order valence-corrected chi connectivity index (χ0v) is 16.0. The van der Waals surface area contributed by atoms with E-state index in [2.05, 4.69) is 62.2 Å². The van der Waals surface area contributed by atoms with Crippen molar-refractivity contribution in [1.82, 2.24) is 0 Å². The molecule has 4 heteroatoms. The van der Waals surface area contributed by atoms with Crippen molar-refractivity contribution in [2.75, 3.05) is 19.1 Å². The molecule has 0 saturated heterocycles. The average molecular weight is 358 g/mol. The standard InChI is InChI=1S/C23H22N2O2/c1-22(2)18-11-9-15-7-5-6-8-17(15)21(18)25(3)23(22)14-24-19-12-10-16(26-4)13-20(19)27-23/h5-14H,1-4H3. The van der Waals surface area contributed by atoms with Gasteiger partial charge in [-0.25, -0.2) is 0 Å². The van der Waals surface area contributed by atoms with Gasteiger partial charge in [-0.05, 0) is 36.9 Å². The third-order valence-corrected chi connectivity index (χ3v) is 6.11. The van der Waals surface area contributed by atoms with Gasteiger partial charge in [-0.1, -0.05) is 36.4 Å². The number of ether oxygens (including phenoxy) is 2. The van der Waals surface area contributed by atoms with Gasteiger partial charge >= 0.3 is 0 Å². The summed E-state index contributed by atoms with van der Waals surface area (Å²) in [7, 11) is 3.76. The molecule has 1 atom stereocenters. The molecule has 0 saturated carbocycles. The van der Waals surface area contributed by atoms with Gasteiger partial charge in [0.1, 0.15) is 11.4 Å². The van der Waals surface area contributed by atoms with E-state index in [0.29, 0.717) is 0 Å². The molecule has 0 fully saturated rings. The Hall–Kier alpha value is -3.01. The molecule has 0 aliphatic carbocycles. The van der Waals surface area contributed by atoms with E-state index in [1.54, 1.807) is 7.11 Å². The second-order valence-corrected chi connectivity index (χ2v) is 7.76. The van der Waals surface area contributed by atoms with Crippen LogP contribution in [-0.2, 0) is 5.41 Å². The number of methoxy groups -OCH3 is 1. The Morgan fingerprint density at radius 1 is 1.04 bits per heavy atom. The minimum absolute atomic E-state index is 0.286. The Kier molecular flexibility index (Phi) is 3.15. The number of benzene rings is 3. The fraction of sp³-hybridized carbons (Fsp3) is 0.261. The first-order valence-corrected chi connectivity index (χ1v) is 9.16. The minimum Gasteiger partial charge on any atom is -0.497 e. The van der Waals surface area contributed by atoms with Gasteiger partial charge in [0.05, 0.1) is 24.4 Å². The molecule has 2 aliphatic rings. The highest BCUT2D eigenvalue weighted by molar-refractivity contribution is 6.01. The van der Waals surface area contributed by atoms with Crippen LogP contribution in [-0.4, -0.2) is 26.1 Å². The van der Waals surface area contributed by atoms with Crippen molar-refractivity contribution in [3.8, 4) is 11.5 Å². The molecule has 27 heavy (non-hydrogen) atoms. The molecule has 5 rings (SSSR count). The summed E-state index contributed by atoms with van der Waals surface area (Å²) in [4.78, 5) is 7.00. The normalized spacial score (nSPS) is 21.9. The van der Waals surface area contributed by atoms with E-state index in [1.807, 2.05) is 24.4 Å². The summed E-state index contributed by atoms with van der Waals surface area (Å²) >= 11 is 0. The lowest BCUT2D eigenvalue weighted by molar-refractivity contribution is 0.0822. The molecule has 136 valence electrons. The van der Waals surface area contributed by atoms with E-state index in [9.17, 15) is 0 Å². The molecule has 3 aromatic carbocycles. The number of fused-ring (bicyclic) bond motifs is 4. The van der Waals surface area contributed by atoms with Gasteiger partial charge < -0.3 is 14.4 Å². The Morgan fingerprint density at radius 2 is 1.85 bits per heavy atom. The van der Waals surface area contributed by atoms with Gasteiger partial charge in [0, 0.05) is 18.5 Å². The summed E-state index contributed by atoms with van der Waals surface area (Å²) in [5.74, 6) is 1.51. The summed E-state index contributed by atoms with van der Waals surface area (Å²) in [5.41, 5.74) is 2.31. The molecule has 0 N–H and O–H groups in total. The predicted molar refractivity (Wildman–Crippen MR) is 110 cm³/mol. The lowest BCUT2D eigenvalue weighted by Gasteiger charge is -2.44. The molecule has 1 spiro atoms. The van der Waals surface area contributed by atoms with Gasteiger partial charge in [0.15, 0.2) is 5.75 Å². The second kappa shape index (κ2) is 5.26. The zero-order chi connectivity index (χ0) is 18.8. The molecule has 4 nitrogen and oxygen atoms in total. The number of likely N-dealkylation sites (N-methyl/N-ethyl adjacent to an activating group) is 1. The summed E-state index contributed by atoms with van der Waals surface area (Å²) in [6, 6.07) is 18.7. The first-order chi connectivity index (χ1) is 13.0. The van der Waals surface area contributed by atoms with Crippen molar-refractivity contribution in [1.29, 1.82) is 0 Å². The van der Waals surface area contributed by atoms with Crippen molar-refractivity contribution >= 4 is 28.4 Å². The highest BCUT2D eigenvalue weighted by atomic mass is 16.5. The lowest BCUT2D eigenvalue weighted by Crippen LogP contribution is -2.61. The van der Waals surface area contributed by atoms with Crippen LogP contribution in [0.2, 0.25) is 0 Å². The Morgan fingerprint density at radius 3 is 2.67 bits per heavy atom. The fourth-order valence-corrected chi connectivity index (χ4v) is 4.50. The summed E-state index contributed by atoms with van der Waals surface area (Å²) in [6.07, 6.45) is 1.95. The molecule has 0 bridgehead atoms. The van der Waals surface area contributed by atoms with E-state index in [4.69, 9.17) is 14.5 Å². The monoisotopic (exact) mass is 358 g/mol. The summed E-state index contributed by atoms with van der Waals surface area (Å²) in [6.45, 7) is 4.45. The van der Waals surface area contributed by atoms with Crippen LogP contribution in [0, 0.1) is 0 Å². The molecule has 3 aromatic rings. The number of hydrogen-bond donors (Lipinski definition) is 0. The Balaban J connectivity index is 1.73. The largest absolute Gasteiger partial charge is 0.497 e. The lowest BCUT2D eigenvalue weighted by atomic mass is 9.77. The third-order valence-electron chi connectivity index (χ3n) is 6.11. The maximum Gasteiger partial charge on any atom is 0.228 e. The summed E-state index contributed by atoms with van der Waals surface area (Å²) < 4.78 is 12.1. The van der Waals surface area contributed by atoms with Crippen molar-refractivity contribution < 1.29 is 9.47 Å². The first-order valence-electron chi connectivity index (χ1n) is 9.16. The molecule has 0 amide bonds. The second-order valence-electron chi connectivity index (χ2n) is 7.76. The van der Waals surface area contributed by atoms with Gasteiger partial charge in [0.2, 0.25) is 5.72 Å². The first kappa shape index (κ1) is 16.2. The van der Waals surface area contributed by atoms with E-state index < -0.39 is 5.72 Å². The van der Waals surface area contributed by atoms with Gasteiger partial charge in [-0.3, -0.25) is 4.99 Å².